The summed E-state index contributed by atoms with van der Waals surface area (Å²) >= 11 is 5.95. The zero-order chi connectivity index (χ0) is 17.7. The standard InChI is InChI=1S/C17H20ClNO4S/c1-12-4-7-16(22-3)17(10-12)24(20,21)19-8-9-23-14-5-6-15(18)13(2)11-14/h4-7,10-11,19H,8-9H2,1-3H3. The summed E-state index contributed by atoms with van der Waals surface area (Å²) < 4.78 is 38.0. The molecular formula is C17H20ClNO4S. The van der Waals surface area contributed by atoms with Crippen LogP contribution >= 0.6 is 11.6 Å². The third-order valence-corrected chi connectivity index (χ3v) is 5.31. The van der Waals surface area contributed by atoms with Crippen molar-refractivity contribution in [2.24, 2.45) is 0 Å². The summed E-state index contributed by atoms with van der Waals surface area (Å²) in [5.74, 6) is 0.951. The fourth-order valence-corrected chi connectivity index (χ4v) is 3.51. The van der Waals surface area contributed by atoms with E-state index >= 15 is 0 Å². The van der Waals surface area contributed by atoms with E-state index in [4.69, 9.17) is 21.1 Å². The van der Waals surface area contributed by atoms with E-state index < -0.39 is 10.0 Å². The normalized spacial score (nSPS) is 11.3. The molecule has 0 aliphatic heterocycles. The van der Waals surface area contributed by atoms with Crippen LogP contribution < -0.4 is 14.2 Å². The number of hydrogen-bond donors (Lipinski definition) is 1. The maximum Gasteiger partial charge on any atom is 0.244 e. The Labute approximate surface area is 147 Å². The van der Waals surface area contributed by atoms with E-state index in [0.717, 1.165) is 11.1 Å². The summed E-state index contributed by atoms with van der Waals surface area (Å²) in [5, 5.41) is 0.662. The summed E-state index contributed by atoms with van der Waals surface area (Å²) in [4.78, 5) is 0.118. The van der Waals surface area contributed by atoms with Crippen molar-refractivity contribution in [1.29, 1.82) is 0 Å². The monoisotopic (exact) mass is 369 g/mol. The molecule has 2 aromatic carbocycles. The highest BCUT2D eigenvalue weighted by Crippen LogP contribution is 2.24. The molecule has 2 rings (SSSR count). The Morgan fingerprint density at radius 3 is 2.54 bits per heavy atom. The summed E-state index contributed by atoms with van der Waals surface area (Å²) in [6, 6.07) is 10.3. The van der Waals surface area contributed by atoms with Gasteiger partial charge >= 0.3 is 0 Å². The van der Waals surface area contributed by atoms with Gasteiger partial charge in [-0.2, -0.15) is 0 Å². The van der Waals surface area contributed by atoms with Crippen LogP contribution in [0.4, 0.5) is 0 Å². The van der Waals surface area contributed by atoms with E-state index in [1.165, 1.54) is 7.11 Å². The molecule has 130 valence electrons. The van der Waals surface area contributed by atoms with E-state index in [1.54, 1.807) is 36.4 Å². The Morgan fingerprint density at radius 1 is 1.12 bits per heavy atom. The number of halogens is 1. The number of sulfonamides is 1. The number of benzene rings is 2. The lowest BCUT2D eigenvalue weighted by molar-refractivity contribution is 0.322. The van der Waals surface area contributed by atoms with Crippen molar-refractivity contribution < 1.29 is 17.9 Å². The van der Waals surface area contributed by atoms with Crippen molar-refractivity contribution in [2.75, 3.05) is 20.3 Å². The van der Waals surface area contributed by atoms with Crippen molar-refractivity contribution in [1.82, 2.24) is 4.72 Å². The molecule has 24 heavy (non-hydrogen) atoms. The highest BCUT2D eigenvalue weighted by Gasteiger charge is 2.19. The zero-order valence-electron chi connectivity index (χ0n) is 13.8. The first-order valence-electron chi connectivity index (χ1n) is 7.37. The van der Waals surface area contributed by atoms with Crippen molar-refractivity contribution >= 4 is 21.6 Å². The highest BCUT2D eigenvalue weighted by atomic mass is 35.5. The Hall–Kier alpha value is -1.76. The number of hydrogen-bond acceptors (Lipinski definition) is 4. The lowest BCUT2D eigenvalue weighted by Gasteiger charge is -2.12. The molecule has 2 aromatic rings. The molecular weight excluding hydrogens is 350 g/mol. The third-order valence-electron chi connectivity index (χ3n) is 3.40. The van der Waals surface area contributed by atoms with Gasteiger partial charge in [0.15, 0.2) is 0 Å². The summed E-state index contributed by atoms with van der Waals surface area (Å²) in [5.41, 5.74) is 1.74. The maximum absolute atomic E-state index is 12.4. The molecule has 0 saturated carbocycles. The van der Waals surface area contributed by atoms with Crippen LogP contribution in [0.1, 0.15) is 11.1 Å². The second kappa shape index (κ2) is 7.88. The number of nitrogens with one attached hydrogen (secondary N) is 1. The Morgan fingerprint density at radius 2 is 1.88 bits per heavy atom. The van der Waals surface area contributed by atoms with Gasteiger partial charge in [0.1, 0.15) is 23.0 Å². The van der Waals surface area contributed by atoms with Crippen molar-refractivity contribution in [3.63, 3.8) is 0 Å². The minimum absolute atomic E-state index is 0.118. The molecule has 0 amide bonds. The highest BCUT2D eigenvalue weighted by molar-refractivity contribution is 7.89. The molecule has 0 saturated heterocycles. The maximum atomic E-state index is 12.4. The smallest absolute Gasteiger partial charge is 0.244 e. The van der Waals surface area contributed by atoms with Gasteiger partial charge in [0.2, 0.25) is 10.0 Å². The largest absolute Gasteiger partial charge is 0.495 e. The number of aryl methyl sites for hydroxylation is 2. The molecule has 7 heteroatoms. The van der Waals surface area contributed by atoms with E-state index in [-0.39, 0.29) is 18.0 Å². The first kappa shape index (κ1) is 18.6. The molecule has 0 unspecified atom stereocenters. The van der Waals surface area contributed by atoms with Crippen molar-refractivity contribution in [2.45, 2.75) is 18.7 Å². The molecule has 0 aromatic heterocycles. The van der Waals surface area contributed by atoms with Crippen LogP contribution in [0.2, 0.25) is 5.02 Å². The molecule has 0 heterocycles. The first-order valence-corrected chi connectivity index (χ1v) is 9.23. The Kier molecular flexibility index (Phi) is 6.10. The van der Waals surface area contributed by atoms with Crippen LogP contribution in [-0.4, -0.2) is 28.7 Å². The quantitative estimate of drug-likeness (QED) is 0.760. The van der Waals surface area contributed by atoms with E-state index in [1.807, 2.05) is 13.8 Å². The summed E-state index contributed by atoms with van der Waals surface area (Å²) in [7, 11) is -2.23. The lowest BCUT2D eigenvalue weighted by Crippen LogP contribution is -2.28. The van der Waals surface area contributed by atoms with Gasteiger partial charge in [0, 0.05) is 11.6 Å². The molecule has 0 radical (unpaired) electrons. The minimum atomic E-state index is -3.67. The van der Waals surface area contributed by atoms with Crippen LogP contribution in [0.5, 0.6) is 11.5 Å². The van der Waals surface area contributed by atoms with Crippen molar-refractivity contribution in [3.8, 4) is 11.5 Å². The van der Waals surface area contributed by atoms with Gasteiger partial charge in [0.05, 0.1) is 7.11 Å². The molecule has 0 spiro atoms. The average molecular weight is 370 g/mol. The Bertz CT molecular complexity index is 821. The molecule has 0 fully saturated rings. The zero-order valence-corrected chi connectivity index (χ0v) is 15.4. The summed E-state index contributed by atoms with van der Waals surface area (Å²) in [6.45, 7) is 4.04. The van der Waals surface area contributed by atoms with Gasteiger partial charge in [0.25, 0.3) is 0 Å². The van der Waals surface area contributed by atoms with Gasteiger partial charge in [-0.1, -0.05) is 17.7 Å². The van der Waals surface area contributed by atoms with Crippen LogP contribution in [0.3, 0.4) is 0 Å². The summed E-state index contributed by atoms with van der Waals surface area (Å²) in [6.07, 6.45) is 0. The van der Waals surface area contributed by atoms with Crippen LogP contribution in [0.15, 0.2) is 41.3 Å². The van der Waals surface area contributed by atoms with E-state index in [0.29, 0.717) is 16.5 Å². The van der Waals surface area contributed by atoms with Crippen molar-refractivity contribution in [3.05, 3.63) is 52.5 Å². The molecule has 1 N–H and O–H groups in total. The predicted molar refractivity (Wildman–Crippen MR) is 94.6 cm³/mol. The van der Waals surface area contributed by atoms with E-state index in [9.17, 15) is 8.42 Å². The minimum Gasteiger partial charge on any atom is -0.495 e. The van der Waals surface area contributed by atoms with Crippen LogP contribution in [0, 0.1) is 13.8 Å². The first-order chi connectivity index (χ1) is 11.3. The van der Waals surface area contributed by atoms with Crippen LogP contribution in [-0.2, 0) is 10.0 Å². The van der Waals surface area contributed by atoms with Gasteiger partial charge in [-0.15, -0.1) is 0 Å². The SMILES string of the molecule is COc1ccc(C)cc1S(=O)(=O)NCCOc1ccc(Cl)c(C)c1. The van der Waals surface area contributed by atoms with Gasteiger partial charge < -0.3 is 9.47 Å². The fourth-order valence-electron chi connectivity index (χ4n) is 2.12. The number of rotatable bonds is 7. The molecule has 0 bridgehead atoms. The number of methoxy groups -OCH3 is 1. The second-order valence-corrected chi connectivity index (χ2v) is 7.45. The van der Waals surface area contributed by atoms with Crippen LogP contribution in [0.25, 0.3) is 0 Å². The molecule has 5 nitrogen and oxygen atoms in total. The van der Waals surface area contributed by atoms with Gasteiger partial charge in [-0.3, -0.25) is 0 Å². The predicted octanol–water partition coefficient (Wildman–Crippen LogP) is 3.32. The van der Waals surface area contributed by atoms with Gasteiger partial charge in [-0.25, -0.2) is 13.1 Å². The lowest BCUT2D eigenvalue weighted by atomic mass is 10.2. The third kappa shape index (κ3) is 4.63. The molecule has 0 aliphatic carbocycles. The number of ether oxygens (including phenoxy) is 2. The fraction of sp³-hybridized carbons (Fsp3) is 0.294. The Balaban J connectivity index is 1.98. The molecule has 0 aliphatic rings. The van der Waals surface area contributed by atoms with E-state index in [2.05, 4.69) is 4.72 Å². The second-order valence-electron chi connectivity index (χ2n) is 5.31. The molecule has 0 atom stereocenters. The topological polar surface area (TPSA) is 64.6 Å². The van der Waals surface area contributed by atoms with Gasteiger partial charge in [-0.05, 0) is 55.3 Å². The average Bonchev–Trinajstić information content (AvgIpc) is 2.55.